The number of rotatable bonds is 1. The maximum absolute atomic E-state index is 13.5. The first-order valence-corrected chi connectivity index (χ1v) is 13.5. The Kier molecular flexibility index (Phi) is 4.29. The van der Waals surface area contributed by atoms with Gasteiger partial charge in [-0.15, -0.1) is 0 Å². The lowest BCUT2D eigenvalue weighted by Gasteiger charge is -2.21. The molecule has 0 aliphatic heterocycles. The van der Waals surface area contributed by atoms with Gasteiger partial charge >= 0.3 is 0 Å². The van der Waals surface area contributed by atoms with E-state index < -0.39 is 0 Å². The van der Waals surface area contributed by atoms with E-state index in [1.807, 2.05) is 38.1 Å². The van der Waals surface area contributed by atoms with Crippen molar-refractivity contribution in [2.75, 3.05) is 0 Å². The SMILES string of the molecule is Cc1ccc(C)c2c(=O)c3ccc(-n4c5ccccc5c5cc6c(cc54)C(C)(C)c4ccccc4-6)cc3oc12. The van der Waals surface area contributed by atoms with Crippen molar-refractivity contribution < 1.29 is 4.42 Å². The quantitative estimate of drug-likeness (QED) is 0.209. The van der Waals surface area contributed by atoms with Crippen LogP contribution < -0.4 is 5.43 Å². The molecule has 0 bridgehead atoms. The average Bonchev–Trinajstić information content (AvgIpc) is 3.38. The van der Waals surface area contributed by atoms with E-state index in [4.69, 9.17) is 4.42 Å². The zero-order valence-corrected chi connectivity index (χ0v) is 22.4. The van der Waals surface area contributed by atoms with Gasteiger partial charge in [0.05, 0.1) is 21.8 Å². The first-order valence-electron chi connectivity index (χ1n) is 13.5. The van der Waals surface area contributed by atoms with Gasteiger partial charge in [0.15, 0.2) is 0 Å². The molecule has 8 rings (SSSR count). The van der Waals surface area contributed by atoms with Crippen LogP contribution >= 0.6 is 0 Å². The molecule has 7 aromatic rings. The fraction of sp³-hybridized carbons (Fsp3) is 0.139. The second-order valence-electron chi connectivity index (χ2n) is 11.5. The molecular weight excluding hydrogens is 478 g/mol. The minimum Gasteiger partial charge on any atom is -0.455 e. The van der Waals surface area contributed by atoms with Gasteiger partial charge in [0.25, 0.3) is 0 Å². The summed E-state index contributed by atoms with van der Waals surface area (Å²) in [4.78, 5) is 13.5. The summed E-state index contributed by atoms with van der Waals surface area (Å²) in [7, 11) is 0. The molecule has 0 radical (unpaired) electrons. The third-order valence-corrected chi connectivity index (χ3v) is 8.85. The summed E-state index contributed by atoms with van der Waals surface area (Å²) < 4.78 is 8.75. The number of hydrogen-bond donors (Lipinski definition) is 0. The normalized spacial score (nSPS) is 13.9. The molecule has 5 aromatic carbocycles. The van der Waals surface area contributed by atoms with Gasteiger partial charge in [-0.25, -0.2) is 0 Å². The summed E-state index contributed by atoms with van der Waals surface area (Å²) >= 11 is 0. The van der Waals surface area contributed by atoms with Crippen molar-refractivity contribution in [1.82, 2.24) is 4.57 Å². The van der Waals surface area contributed by atoms with Gasteiger partial charge in [-0.05, 0) is 77.6 Å². The summed E-state index contributed by atoms with van der Waals surface area (Å²) in [6, 6.07) is 32.1. The minimum absolute atomic E-state index is 0.0264. The van der Waals surface area contributed by atoms with Gasteiger partial charge in [-0.3, -0.25) is 4.79 Å². The van der Waals surface area contributed by atoms with Gasteiger partial charge in [0, 0.05) is 27.9 Å². The third-order valence-electron chi connectivity index (χ3n) is 8.85. The summed E-state index contributed by atoms with van der Waals surface area (Å²) in [5.74, 6) is 0. The van der Waals surface area contributed by atoms with Gasteiger partial charge in [0.1, 0.15) is 11.2 Å². The van der Waals surface area contributed by atoms with Gasteiger partial charge in [0.2, 0.25) is 5.43 Å². The van der Waals surface area contributed by atoms with Gasteiger partial charge < -0.3 is 8.98 Å². The number of hydrogen-bond acceptors (Lipinski definition) is 2. The van der Waals surface area contributed by atoms with E-state index in [2.05, 4.69) is 85.1 Å². The predicted molar refractivity (Wildman–Crippen MR) is 161 cm³/mol. The molecule has 0 unspecified atom stereocenters. The number of benzene rings is 5. The van der Waals surface area contributed by atoms with Crippen LogP contribution in [0.2, 0.25) is 0 Å². The molecule has 3 heteroatoms. The van der Waals surface area contributed by atoms with Crippen molar-refractivity contribution in [3.8, 4) is 16.8 Å². The Balaban J connectivity index is 1.46. The van der Waals surface area contributed by atoms with E-state index >= 15 is 0 Å². The standard InChI is InChI=1S/C36H27NO2/c1-20-13-14-21(2)35-33(20)34(38)25-16-15-22(17-32(25)39-35)37-30-12-8-6-10-24(30)27-18-26-23-9-5-7-11-28(23)36(3,4)29(26)19-31(27)37/h5-19H,1-4H3. The highest BCUT2D eigenvalue weighted by Crippen LogP contribution is 2.50. The van der Waals surface area contributed by atoms with Crippen LogP contribution in [0, 0.1) is 13.8 Å². The molecule has 2 heterocycles. The Hall–Kier alpha value is -4.63. The van der Waals surface area contributed by atoms with E-state index in [1.165, 1.54) is 33.0 Å². The number of aromatic nitrogens is 1. The molecular formula is C36H27NO2. The fourth-order valence-corrected chi connectivity index (χ4v) is 6.81. The Morgan fingerprint density at radius 2 is 1.44 bits per heavy atom. The summed E-state index contributed by atoms with van der Waals surface area (Å²) in [6.45, 7) is 8.59. The highest BCUT2D eigenvalue weighted by Gasteiger charge is 2.36. The predicted octanol–water partition coefficient (Wildman–Crippen LogP) is 8.97. The second kappa shape index (κ2) is 7.48. The van der Waals surface area contributed by atoms with Crippen LogP contribution in [-0.4, -0.2) is 4.57 Å². The first-order chi connectivity index (χ1) is 18.8. The molecule has 0 fully saturated rings. The number of nitrogens with zero attached hydrogens (tertiary/aromatic N) is 1. The Labute approximate surface area is 225 Å². The Bertz CT molecular complexity index is 2240. The largest absolute Gasteiger partial charge is 0.455 e. The van der Waals surface area contributed by atoms with Gasteiger partial charge in [-0.1, -0.05) is 68.4 Å². The topological polar surface area (TPSA) is 35.1 Å². The third kappa shape index (κ3) is 2.85. The van der Waals surface area contributed by atoms with Crippen LogP contribution in [0.1, 0.15) is 36.1 Å². The lowest BCUT2D eigenvalue weighted by molar-refractivity contribution is 0.656. The molecule has 1 aliphatic rings. The zero-order chi connectivity index (χ0) is 26.6. The minimum atomic E-state index is -0.0914. The van der Waals surface area contributed by atoms with Crippen molar-refractivity contribution in [2.24, 2.45) is 0 Å². The van der Waals surface area contributed by atoms with E-state index in [9.17, 15) is 4.79 Å². The van der Waals surface area contributed by atoms with Crippen LogP contribution in [0.25, 0.3) is 60.6 Å². The zero-order valence-electron chi connectivity index (χ0n) is 22.4. The van der Waals surface area contributed by atoms with Crippen molar-refractivity contribution in [2.45, 2.75) is 33.1 Å². The number of para-hydroxylation sites is 1. The maximum atomic E-state index is 13.5. The molecule has 2 aromatic heterocycles. The molecule has 0 saturated carbocycles. The van der Waals surface area contributed by atoms with E-state index in [-0.39, 0.29) is 10.8 Å². The van der Waals surface area contributed by atoms with Crippen molar-refractivity contribution >= 4 is 43.7 Å². The van der Waals surface area contributed by atoms with Crippen LogP contribution in [-0.2, 0) is 5.41 Å². The second-order valence-corrected chi connectivity index (χ2v) is 11.5. The first kappa shape index (κ1) is 22.4. The lowest BCUT2D eigenvalue weighted by Crippen LogP contribution is -2.15. The van der Waals surface area contributed by atoms with Crippen LogP contribution in [0.15, 0.2) is 100 Å². The van der Waals surface area contributed by atoms with Crippen LogP contribution in [0.3, 0.4) is 0 Å². The van der Waals surface area contributed by atoms with Crippen LogP contribution in [0.4, 0.5) is 0 Å². The number of aryl methyl sites for hydroxylation is 2. The highest BCUT2D eigenvalue weighted by atomic mass is 16.3. The fourth-order valence-electron chi connectivity index (χ4n) is 6.81. The van der Waals surface area contributed by atoms with E-state index in [0.29, 0.717) is 21.9 Å². The molecule has 1 aliphatic carbocycles. The number of fused-ring (bicyclic) bond motifs is 8. The van der Waals surface area contributed by atoms with E-state index in [0.717, 1.165) is 27.8 Å². The van der Waals surface area contributed by atoms with E-state index in [1.54, 1.807) is 0 Å². The molecule has 0 amide bonds. The Morgan fingerprint density at radius 1 is 0.667 bits per heavy atom. The molecule has 0 saturated heterocycles. The smallest absolute Gasteiger partial charge is 0.200 e. The van der Waals surface area contributed by atoms with Crippen LogP contribution in [0.5, 0.6) is 0 Å². The maximum Gasteiger partial charge on any atom is 0.200 e. The Morgan fingerprint density at radius 3 is 2.31 bits per heavy atom. The molecule has 3 nitrogen and oxygen atoms in total. The summed E-state index contributed by atoms with van der Waals surface area (Å²) in [6.07, 6.45) is 0. The van der Waals surface area contributed by atoms with Crippen molar-refractivity contribution in [1.29, 1.82) is 0 Å². The molecule has 0 spiro atoms. The monoisotopic (exact) mass is 505 g/mol. The molecule has 0 atom stereocenters. The molecule has 39 heavy (non-hydrogen) atoms. The van der Waals surface area contributed by atoms with Crippen molar-refractivity contribution in [3.05, 3.63) is 123 Å². The lowest BCUT2D eigenvalue weighted by atomic mass is 9.82. The van der Waals surface area contributed by atoms with Gasteiger partial charge in [-0.2, -0.15) is 0 Å². The molecule has 0 N–H and O–H groups in total. The highest BCUT2D eigenvalue weighted by molar-refractivity contribution is 6.12. The molecule has 188 valence electrons. The summed E-state index contributed by atoms with van der Waals surface area (Å²) in [5.41, 5.74) is 11.7. The summed E-state index contributed by atoms with van der Waals surface area (Å²) in [5, 5.41) is 3.72. The average molecular weight is 506 g/mol. The van der Waals surface area contributed by atoms with Crippen molar-refractivity contribution in [3.63, 3.8) is 0 Å².